The molecule has 4 heteroatoms. The fourth-order valence-electron chi connectivity index (χ4n) is 2.13. The molecule has 0 saturated carbocycles. The van der Waals surface area contributed by atoms with E-state index in [-0.39, 0.29) is 12.5 Å². The molecule has 0 aliphatic heterocycles. The maximum absolute atomic E-state index is 12.4. The highest BCUT2D eigenvalue weighted by atomic mass is 32.1. The minimum Gasteiger partial charge on any atom is -0.396 e. The maximum Gasteiger partial charge on any atom is 0.263 e. The van der Waals surface area contributed by atoms with E-state index in [2.05, 4.69) is 19.9 Å². The third-order valence-corrected chi connectivity index (χ3v) is 4.45. The molecule has 0 fully saturated rings. The summed E-state index contributed by atoms with van der Waals surface area (Å²) in [7, 11) is 0. The van der Waals surface area contributed by atoms with Crippen molar-refractivity contribution in [2.75, 3.05) is 19.7 Å². The number of aliphatic hydroxyl groups excluding tert-OH is 1. The van der Waals surface area contributed by atoms with Gasteiger partial charge in [-0.25, -0.2) is 0 Å². The van der Waals surface area contributed by atoms with E-state index in [1.165, 1.54) is 10.4 Å². The number of carbonyl (C=O) groups is 1. The minimum absolute atomic E-state index is 0.109. The quantitative estimate of drug-likeness (QED) is 0.796. The molecule has 108 valence electrons. The first kappa shape index (κ1) is 16.2. The number of aliphatic hydroxyl groups is 1. The summed E-state index contributed by atoms with van der Waals surface area (Å²) >= 11 is 1.64. The van der Waals surface area contributed by atoms with Crippen molar-refractivity contribution in [2.24, 2.45) is 0 Å². The molecule has 0 atom stereocenters. The number of carbonyl (C=O) groups excluding carboxylic acids is 1. The molecule has 1 aromatic heterocycles. The van der Waals surface area contributed by atoms with Crippen molar-refractivity contribution in [3.63, 3.8) is 0 Å². The van der Waals surface area contributed by atoms with E-state index in [0.29, 0.717) is 19.5 Å². The molecule has 1 N–H and O–H groups in total. The standard InChI is InChI=1S/C15H25NO2S/c1-4-8-13-12(5-2)11-14(19-13)15(18)16(6-3)9-7-10-17/h11,17H,4-10H2,1-3H3. The van der Waals surface area contributed by atoms with Gasteiger partial charge in [-0.05, 0) is 37.8 Å². The summed E-state index contributed by atoms with van der Waals surface area (Å²) in [6, 6.07) is 2.06. The molecule has 3 nitrogen and oxygen atoms in total. The number of rotatable bonds is 8. The number of nitrogens with zero attached hydrogens (tertiary/aromatic N) is 1. The summed E-state index contributed by atoms with van der Waals surface area (Å²) < 4.78 is 0. The number of thiophene rings is 1. The van der Waals surface area contributed by atoms with Crippen LogP contribution in [0.15, 0.2) is 6.07 Å². The average molecular weight is 283 g/mol. The van der Waals surface area contributed by atoms with Crippen LogP contribution in [0.25, 0.3) is 0 Å². The van der Waals surface area contributed by atoms with Crippen LogP contribution in [0.5, 0.6) is 0 Å². The third-order valence-electron chi connectivity index (χ3n) is 3.22. The Kier molecular flexibility index (Phi) is 7.10. The smallest absolute Gasteiger partial charge is 0.263 e. The van der Waals surface area contributed by atoms with Crippen LogP contribution < -0.4 is 0 Å². The Morgan fingerprint density at radius 3 is 2.63 bits per heavy atom. The summed E-state index contributed by atoms with van der Waals surface area (Å²) in [5.41, 5.74) is 1.31. The van der Waals surface area contributed by atoms with Crippen molar-refractivity contribution >= 4 is 17.2 Å². The van der Waals surface area contributed by atoms with Crippen LogP contribution in [-0.4, -0.2) is 35.6 Å². The number of hydrogen-bond acceptors (Lipinski definition) is 3. The van der Waals surface area contributed by atoms with Gasteiger partial charge in [0.25, 0.3) is 5.91 Å². The van der Waals surface area contributed by atoms with Crippen molar-refractivity contribution < 1.29 is 9.90 Å². The van der Waals surface area contributed by atoms with Crippen LogP contribution in [0.2, 0.25) is 0 Å². The SMILES string of the molecule is CCCc1sc(C(=O)N(CC)CCCO)cc1CC. The monoisotopic (exact) mass is 283 g/mol. The van der Waals surface area contributed by atoms with Gasteiger partial charge in [-0.2, -0.15) is 0 Å². The van der Waals surface area contributed by atoms with E-state index >= 15 is 0 Å². The zero-order chi connectivity index (χ0) is 14.3. The Morgan fingerprint density at radius 2 is 2.11 bits per heavy atom. The summed E-state index contributed by atoms with van der Waals surface area (Å²) in [4.78, 5) is 16.4. The van der Waals surface area contributed by atoms with Gasteiger partial charge in [-0.3, -0.25) is 4.79 Å². The predicted octanol–water partition coefficient (Wildman–Crippen LogP) is 3.11. The lowest BCUT2D eigenvalue weighted by molar-refractivity contribution is 0.0759. The van der Waals surface area contributed by atoms with Crippen LogP contribution in [0.3, 0.4) is 0 Å². The summed E-state index contributed by atoms with van der Waals surface area (Å²) in [6.45, 7) is 7.75. The van der Waals surface area contributed by atoms with Gasteiger partial charge in [0.1, 0.15) is 0 Å². The van der Waals surface area contributed by atoms with E-state index in [0.717, 1.165) is 24.1 Å². The third kappa shape index (κ3) is 4.32. The Balaban J connectivity index is 2.85. The first-order valence-electron chi connectivity index (χ1n) is 7.19. The molecule has 0 bridgehead atoms. The molecule has 1 heterocycles. The summed E-state index contributed by atoms with van der Waals surface area (Å²) in [5, 5.41) is 8.88. The molecule has 19 heavy (non-hydrogen) atoms. The van der Waals surface area contributed by atoms with Gasteiger partial charge in [0.15, 0.2) is 0 Å². The second-order valence-corrected chi connectivity index (χ2v) is 5.76. The molecular weight excluding hydrogens is 258 g/mol. The highest BCUT2D eigenvalue weighted by Gasteiger charge is 2.18. The Morgan fingerprint density at radius 1 is 1.37 bits per heavy atom. The van der Waals surface area contributed by atoms with Crippen LogP contribution >= 0.6 is 11.3 Å². The largest absolute Gasteiger partial charge is 0.396 e. The number of aryl methyl sites for hydroxylation is 2. The zero-order valence-electron chi connectivity index (χ0n) is 12.2. The van der Waals surface area contributed by atoms with Gasteiger partial charge in [0, 0.05) is 24.6 Å². The molecule has 0 saturated heterocycles. The Labute approximate surface area is 120 Å². The average Bonchev–Trinajstić information content (AvgIpc) is 2.83. The molecule has 0 aromatic carbocycles. The molecule has 1 rings (SSSR count). The van der Waals surface area contributed by atoms with Crippen molar-refractivity contribution in [2.45, 2.75) is 46.5 Å². The highest BCUT2D eigenvalue weighted by Crippen LogP contribution is 2.25. The maximum atomic E-state index is 12.4. The van der Waals surface area contributed by atoms with Gasteiger partial charge in [-0.15, -0.1) is 11.3 Å². The predicted molar refractivity (Wildman–Crippen MR) is 81.0 cm³/mol. The number of hydrogen-bond donors (Lipinski definition) is 1. The molecule has 0 aliphatic carbocycles. The topological polar surface area (TPSA) is 40.5 Å². The zero-order valence-corrected chi connectivity index (χ0v) is 13.1. The number of amides is 1. The van der Waals surface area contributed by atoms with E-state index in [1.807, 2.05) is 11.8 Å². The lowest BCUT2D eigenvalue weighted by atomic mass is 10.1. The molecule has 1 aromatic rings. The van der Waals surface area contributed by atoms with Gasteiger partial charge in [0.2, 0.25) is 0 Å². The normalized spacial score (nSPS) is 10.7. The van der Waals surface area contributed by atoms with Gasteiger partial charge in [0.05, 0.1) is 4.88 Å². The Bertz CT molecular complexity index is 401. The molecule has 0 radical (unpaired) electrons. The van der Waals surface area contributed by atoms with Gasteiger partial charge >= 0.3 is 0 Å². The van der Waals surface area contributed by atoms with E-state index in [4.69, 9.17) is 5.11 Å². The summed E-state index contributed by atoms with van der Waals surface area (Å²) in [6.07, 6.45) is 3.81. The highest BCUT2D eigenvalue weighted by molar-refractivity contribution is 7.14. The fourth-order valence-corrected chi connectivity index (χ4v) is 3.45. The summed E-state index contributed by atoms with van der Waals surface area (Å²) in [5.74, 6) is 0.109. The lowest BCUT2D eigenvalue weighted by Crippen LogP contribution is -2.31. The van der Waals surface area contributed by atoms with Crippen LogP contribution in [0, 0.1) is 0 Å². The molecular formula is C15H25NO2S. The first-order chi connectivity index (χ1) is 9.17. The van der Waals surface area contributed by atoms with Crippen molar-refractivity contribution in [1.82, 2.24) is 4.90 Å². The van der Waals surface area contributed by atoms with E-state index in [1.54, 1.807) is 11.3 Å². The van der Waals surface area contributed by atoms with Crippen LogP contribution in [0.1, 0.15) is 53.7 Å². The molecule has 0 aliphatic rings. The van der Waals surface area contributed by atoms with Crippen molar-refractivity contribution in [1.29, 1.82) is 0 Å². The second-order valence-electron chi connectivity index (χ2n) is 4.62. The minimum atomic E-state index is 0.109. The van der Waals surface area contributed by atoms with E-state index in [9.17, 15) is 4.79 Å². The van der Waals surface area contributed by atoms with Crippen LogP contribution in [-0.2, 0) is 12.8 Å². The molecule has 0 unspecified atom stereocenters. The second kappa shape index (κ2) is 8.33. The first-order valence-corrected chi connectivity index (χ1v) is 8.01. The van der Waals surface area contributed by atoms with Gasteiger partial charge in [-0.1, -0.05) is 20.3 Å². The van der Waals surface area contributed by atoms with Crippen molar-refractivity contribution in [3.8, 4) is 0 Å². The molecule has 1 amide bonds. The molecule has 0 spiro atoms. The Hall–Kier alpha value is -0.870. The van der Waals surface area contributed by atoms with Crippen molar-refractivity contribution in [3.05, 3.63) is 21.4 Å². The lowest BCUT2D eigenvalue weighted by Gasteiger charge is -2.19. The van der Waals surface area contributed by atoms with E-state index < -0.39 is 0 Å². The fraction of sp³-hybridized carbons (Fsp3) is 0.667. The van der Waals surface area contributed by atoms with Crippen LogP contribution in [0.4, 0.5) is 0 Å². The van der Waals surface area contributed by atoms with Gasteiger partial charge < -0.3 is 10.0 Å².